The van der Waals surface area contributed by atoms with E-state index >= 15 is 0 Å². The van der Waals surface area contributed by atoms with Gasteiger partial charge in [0, 0.05) is 6.20 Å². The Morgan fingerprint density at radius 2 is 2.21 bits per heavy atom. The van der Waals surface area contributed by atoms with Crippen molar-refractivity contribution in [3.63, 3.8) is 0 Å². The van der Waals surface area contributed by atoms with Gasteiger partial charge in [0.1, 0.15) is 6.33 Å². The Hall–Kier alpha value is -1.53. The quantitative estimate of drug-likeness (QED) is 0.802. The van der Waals surface area contributed by atoms with Gasteiger partial charge in [-0.1, -0.05) is 0 Å². The van der Waals surface area contributed by atoms with Crippen LogP contribution in [0, 0.1) is 0 Å². The average molecular weight is 208 g/mol. The molecule has 0 aromatic carbocycles. The lowest BCUT2D eigenvalue weighted by molar-refractivity contribution is -0.205. The molecule has 14 heavy (non-hydrogen) atoms. The molecule has 0 aliphatic rings. The minimum absolute atomic E-state index is 0.105. The number of halogens is 3. The smallest absolute Gasteiger partial charge is 0.481 e. The number of rotatable bonds is 2. The van der Waals surface area contributed by atoms with Crippen molar-refractivity contribution in [3.8, 4) is 0 Å². The standard InChI is InChI=1S/C7H7F3N2O2/c1-4(6(13)14)5-2-11-3-12(5)7(8,9)10/h2-4H,1H3,(H,13,14). The molecule has 0 aliphatic heterocycles. The van der Waals surface area contributed by atoms with E-state index in [9.17, 15) is 18.0 Å². The van der Waals surface area contributed by atoms with Gasteiger partial charge in [-0.3, -0.25) is 4.79 Å². The molecular weight excluding hydrogens is 201 g/mol. The van der Waals surface area contributed by atoms with Crippen LogP contribution in [0.3, 0.4) is 0 Å². The Labute approximate surface area is 77.0 Å². The van der Waals surface area contributed by atoms with Gasteiger partial charge in [0.15, 0.2) is 0 Å². The van der Waals surface area contributed by atoms with E-state index in [1.807, 2.05) is 0 Å². The van der Waals surface area contributed by atoms with Crippen LogP contribution < -0.4 is 0 Å². The highest BCUT2D eigenvalue weighted by molar-refractivity contribution is 5.74. The normalized spacial score (nSPS) is 14.0. The minimum atomic E-state index is -4.63. The Bertz CT molecular complexity index is 345. The van der Waals surface area contributed by atoms with Crippen molar-refractivity contribution in [1.82, 2.24) is 9.55 Å². The number of carboxylic acid groups (broad SMARTS) is 1. The number of hydrogen-bond donors (Lipinski definition) is 1. The lowest BCUT2D eigenvalue weighted by atomic mass is 10.1. The maximum atomic E-state index is 12.2. The maximum absolute atomic E-state index is 12.2. The highest BCUT2D eigenvalue weighted by Crippen LogP contribution is 2.27. The Morgan fingerprint density at radius 1 is 1.64 bits per heavy atom. The highest BCUT2D eigenvalue weighted by Gasteiger charge is 2.35. The molecule has 0 saturated carbocycles. The van der Waals surface area contributed by atoms with Crippen LogP contribution in [0.4, 0.5) is 13.2 Å². The van der Waals surface area contributed by atoms with Gasteiger partial charge in [-0.05, 0) is 6.92 Å². The second kappa shape index (κ2) is 3.32. The molecule has 0 saturated heterocycles. The van der Waals surface area contributed by atoms with Crippen molar-refractivity contribution >= 4 is 5.97 Å². The molecule has 1 aromatic heterocycles. The van der Waals surface area contributed by atoms with Gasteiger partial charge in [-0.15, -0.1) is 13.2 Å². The Morgan fingerprint density at radius 3 is 2.64 bits per heavy atom. The third kappa shape index (κ3) is 1.86. The number of aromatic nitrogens is 2. The molecule has 0 radical (unpaired) electrons. The van der Waals surface area contributed by atoms with Crippen molar-refractivity contribution < 1.29 is 23.1 Å². The summed E-state index contributed by atoms with van der Waals surface area (Å²) in [4.78, 5) is 13.7. The van der Waals surface area contributed by atoms with E-state index in [2.05, 4.69) is 4.98 Å². The molecule has 1 aromatic rings. The molecular formula is C7H7F3N2O2. The molecule has 78 valence electrons. The molecule has 4 nitrogen and oxygen atoms in total. The molecule has 0 amide bonds. The molecule has 0 spiro atoms. The van der Waals surface area contributed by atoms with Crippen molar-refractivity contribution in [2.24, 2.45) is 0 Å². The largest absolute Gasteiger partial charge is 0.489 e. The summed E-state index contributed by atoms with van der Waals surface area (Å²) in [5.74, 6) is -2.56. The molecule has 1 heterocycles. The van der Waals surface area contributed by atoms with E-state index in [1.165, 1.54) is 6.92 Å². The van der Waals surface area contributed by atoms with Crippen LogP contribution in [0.15, 0.2) is 12.5 Å². The minimum Gasteiger partial charge on any atom is -0.481 e. The second-order valence-corrected chi connectivity index (χ2v) is 2.72. The molecule has 1 atom stereocenters. The van der Waals surface area contributed by atoms with E-state index in [0.29, 0.717) is 6.33 Å². The maximum Gasteiger partial charge on any atom is 0.489 e. The molecule has 0 bridgehead atoms. The number of carbonyl (C=O) groups is 1. The van der Waals surface area contributed by atoms with Crippen LogP contribution in [0.2, 0.25) is 0 Å². The third-order valence-corrected chi connectivity index (χ3v) is 1.75. The second-order valence-electron chi connectivity index (χ2n) is 2.72. The van der Waals surface area contributed by atoms with Gasteiger partial charge in [0.25, 0.3) is 0 Å². The fourth-order valence-corrected chi connectivity index (χ4v) is 0.964. The summed E-state index contributed by atoms with van der Waals surface area (Å²) in [6.07, 6.45) is -3.18. The fourth-order valence-electron chi connectivity index (χ4n) is 0.964. The molecule has 0 aliphatic carbocycles. The average Bonchev–Trinajstić information content (AvgIpc) is 2.48. The summed E-state index contributed by atoms with van der Waals surface area (Å²) in [5, 5.41) is 8.54. The topological polar surface area (TPSA) is 55.1 Å². The van der Waals surface area contributed by atoms with Crippen molar-refractivity contribution in [3.05, 3.63) is 18.2 Å². The van der Waals surface area contributed by atoms with Gasteiger partial charge >= 0.3 is 12.3 Å². The fraction of sp³-hybridized carbons (Fsp3) is 0.429. The summed E-state index contributed by atoms with van der Waals surface area (Å²) >= 11 is 0. The van der Waals surface area contributed by atoms with E-state index in [1.54, 1.807) is 0 Å². The van der Waals surface area contributed by atoms with E-state index < -0.39 is 18.2 Å². The van der Waals surface area contributed by atoms with Crippen LogP contribution in [0.5, 0.6) is 0 Å². The molecule has 1 rings (SSSR count). The number of imidazole rings is 1. The van der Waals surface area contributed by atoms with Crippen LogP contribution in [0.1, 0.15) is 18.5 Å². The van der Waals surface area contributed by atoms with Gasteiger partial charge < -0.3 is 5.11 Å². The number of nitrogens with zero attached hydrogens (tertiary/aromatic N) is 2. The lowest BCUT2D eigenvalue weighted by Gasteiger charge is -2.13. The zero-order chi connectivity index (χ0) is 10.9. The van der Waals surface area contributed by atoms with Crippen molar-refractivity contribution in [1.29, 1.82) is 0 Å². The zero-order valence-electron chi connectivity index (χ0n) is 7.12. The number of aliphatic carboxylic acids is 1. The lowest BCUT2D eigenvalue weighted by Crippen LogP contribution is -2.22. The Balaban J connectivity index is 3.11. The zero-order valence-corrected chi connectivity index (χ0v) is 7.12. The monoisotopic (exact) mass is 208 g/mol. The molecule has 1 N–H and O–H groups in total. The van der Waals surface area contributed by atoms with E-state index in [-0.39, 0.29) is 10.3 Å². The molecule has 7 heteroatoms. The summed E-state index contributed by atoms with van der Waals surface area (Å²) in [6.45, 7) is 1.17. The summed E-state index contributed by atoms with van der Waals surface area (Å²) in [6, 6.07) is 0. The van der Waals surface area contributed by atoms with Gasteiger partial charge in [-0.25, -0.2) is 9.55 Å². The first-order valence-corrected chi connectivity index (χ1v) is 3.66. The first-order chi connectivity index (χ1) is 6.34. The van der Waals surface area contributed by atoms with Gasteiger partial charge in [0.05, 0.1) is 11.6 Å². The van der Waals surface area contributed by atoms with E-state index in [4.69, 9.17) is 5.11 Å². The Kier molecular flexibility index (Phi) is 2.50. The SMILES string of the molecule is CC(C(=O)O)c1cncn1C(F)(F)F. The number of carboxylic acids is 1. The number of alkyl halides is 3. The summed E-state index contributed by atoms with van der Waals surface area (Å²) in [5.41, 5.74) is -0.384. The first kappa shape index (κ1) is 10.6. The predicted molar refractivity (Wildman–Crippen MR) is 39.6 cm³/mol. The molecule has 1 unspecified atom stereocenters. The molecule has 0 fully saturated rings. The first-order valence-electron chi connectivity index (χ1n) is 3.66. The van der Waals surface area contributed by atoms with Gasteiger partial charge in [0.2, 0.25) is 0 Å². The van der Waals surface area contributed by atoms with Crippen molar-refractivity contribution in [2.75, 3.05) is 0 Å². The van der Waals surface area contributed by atoms with Crippen LogP contribution in [0.25, 0.3) is 0 Å². The van der Waals surface area contributed by atoms with Crippen LogP contribution in [-0.4, -0.2) is 20.6 Å². The van der Waals surface area contributed by atoms with E-state index in [0.717, 1.165) is 6.20 Å². The predicted octanol–water partition coefficient (Wildman–Crippen LogP) is 1.55. The summed E-state index contributed by atoms with van der Waals surface area (Å²) < 4.78 is 36.6. The third-order valence-electron chi connectivity index (χ3n) is 1.75. The number of hydrogen-bond acceptors (Lipinski definition) is 2. The van der Waals surface area contributed by atoms with Crippen molar-refractivity contribution in [2.45, 2.75) is 19.1 Å². The van der Waals surface area contributed by atoms with Crippen LogP contribution in [-0.2, 0) is 11.1 Å². The van der Waals surface area contributed by atoms with Crippen LogP contribution >= 0.6 is 0 Å². The summed E-state index contributed by atoms with van der Waals surface area (Å²) in [7, 11) is 0. The highest BCUT2D eigenvalue weighted by atomic mass is 19.4. The van der Waals surface area contributed by atoms with Gasteiger partial charge in [-0.2, -0.15) is 0 Å².